The Morgan fingerprint density at radius 1 is 1.88 bits per heavy atom. The molecule has 1 atom stereocenters. The highest BCUT2D eigenvalue weighted by atomic mass is 33.1. The van der Waals surface area contributed by atoms with E-state index >= 15 is 0 Å². The minimum atomic E-state index is 0.543. The lowest BCUT2D eigenvalue weighted by molar-refractivity contribution is 0.851. The highest BCUT2D eigenvalue weighted by Gasteiger charge is 1.96. The van der Waals surface area contributed by atoms with E-state index in [2.05, 4.69) is 12.8 Å². The Morgan fingerprint density at radius 3 is 2.88 bits per heavy atom. The quantitative estimate of drug-likeness (QED) is 0.434. The van der Waals surface area contributed by atoms with Crippen LogP contribution < -0.4 is 0 Å². The smallest absolute Gasteiger partial charge is 0.0140 e. The molecule has 0 aromatic rings. The van der Waals surface area contributed by atoms with Gasteiger partial charge in [0.1, 0.15) is 0 Å². The van der Waals surface area contributed by atoms with Crippen LogP contribution in [-0.4, -0.2) is 5.25 Å². The topological polar surface area (TPSA) is 0 Å². The van der Waals surface area contributed by atoms with Crippen LogP contribution >= 0.6 is 22.5 Å². The molecule has 0 aromatic carbocycles. The van der Waals surface area contributed by atoms with Crippen molar-refractivity contribution in [3.05, 3.63) is 0 Å². The third kappa shape index (κ3) is 4.42. The Balaban J connectivity index is 3.01. The van der Waals surface area contributed by atoms with Gasteiger partial charge in [-0.15, -0.1) is 12.3 Å². The minimum Gasteiger partial charge on any atom is -0.120 e. The summed E-state index contributed by atoms with van der Waals surface area (Å²) >= 11 is 4.74. The maximum absolute atomic E-state index is 5.04. The summed E-state index contributed by atoms with van der Waals surface area (Å²) in [5.74, 6) is 2.57. The van der Waals surface area contributed by atoms with Crippen LogP contribution in [0.4, 0.5) is 0 Å². The molecule has 0 N–H and O–H groups in total. The van der Waals surface area contributed by atoms with Crippen molar-refractivity contribution in [2.24, 2.45) is 0 Å². The van der Waals surface area contributed by atoms with Crippen molar-refractivity contribution in [2.45, 2.75) is 25.0 Å². The van der Waals surface area contributed by atoms with Gasteiger partial charge in [-0.1, -0.05) is 17.7 Å². The molecule has 0 nitrogen and oxygen atoms in total. The average molecular weight is 145 g/mol. The molecule has 0 saturated carbocycles. The van der Waals surface area contributed by atoms with Gasteiger partial charge in [0.15, 0.2) is 0 Å². The van der Waals surface area contributed by atoms with Gasteiger partial charge < -0.3 is 0 Å². The molecule has 0 aliphatic heterocycles. The summed E-state index contributed by atoms with van der Waals surface area (Å²) in [6.45, 7) is 2.09. The minimum absolute atomic E-state index is 0.543. The predicted molar refractivity (Wildman–Crippen MR) is 42.7 cm³/mol. The van der Waals surface area contributed by atoms with Crippen LogP contribution in [0.1, 0.15) is 19.8 Å². The lowest BCUT2D eigenvalue weighted by Gasteiger charge is -2.00. The van der Waals surface area contributed by atoms with Crippen molar-refractivity contribution < 1.29 is 0 Å². The number of rotatable bonds is 3. The highest BCUT2D eigenvalue weighted by Crippen LogP contribution is 2.17. The van der Waals surface area contributed by atoms with E-state index < -0.39 is 0 Å². The summed E-state index contributed by atoms with van der Waals surface area (Å²) < 4.78 is 0. The number of hydrogen-bond donors (Lipinski definition) is 0. The monoisotopic (exact) mass is 145 g/mol. The lowest BCUT2D eigenvalue weighted by Crippen LogP contribution is -1.90. The van der Waals surface area contributed by atoms with Gasteiger partial charge in [-0.25, -0.2) is 0 Å². The summed E-state index contributed by atoms with van der Waals surface area (Å²) in [5.41, 5.74) is 0. The Bertz CT molecular complexity index is 83.0. The van der Waals surface area contributed by atoms with E-state index in [9.17, 15) is 0 Å². The summed E-state index contributed by atoms with van der Waals surface area (Å²) in [6.07, 6.45) is 6.94. The van der Waals surface area contributed by atoms with Crippen LogP contribution in [0, 0.1) is 12.3 Å². The first kappa shape index (κ1) is 8.26. The molecule has 0 aliphatic rings. The van der Waals surface area contributed by atoms with Crippen molar-refractivity contribution in [1.82, 2.24) is 0 Å². The van der Waals surface area contributed by atoms with Gasteiger partial charge in [-0.05, 0) is 18.1 Å². The second kappa shape index (κ2) is 5.40. The second-order valence-electron chi connectivity index (χ2n) is 1.65. The second-order valence-corrected chi connectivity index (χ2v) is 3.22. The van der Waals surface area contributed by atoms with Crippen molar-refractivity contribution in [1.29, 1.82) is 0 Å². The van der Waals surface area contributed by atoms with Crippen LogP contribution in [0.5, 0.6) is 0 Å². The Labute approximate surface area is 60.2 Å². The van der Waals surface area contributed by atoms with Crippen molar-refractivity contribution in [3.8, 4) is 12.3 Å². The summed E-state index contributed by atoms with van der Waals surface area (Å²) in [4.78, 5) is 0. The first-order valence-corrected chi connectivity index (χ1v) is 4.33. The number of hydrogen-bond acceptors (Lipinski definition) is 1. The van der Waals surface area contributed by atoms with Crippen LogP contribution in [0.25, 0.3) is 0 Å². The van der Waals surface area contributed by atoms with E-state index in [0.29, 0.717) is 5.25 Å². The van der Waals surface area contributed by atoms with E-state index in [4.69, 9.17) is 18.1 Å². The molecule has 2 heteroatoms. The highest BCUT2D eigenvalue weighted by molar-refractivity contribution is 8.68. The summed E-state index contributed by atoms with van der Waals surface area (Å²) in [7, 11) is 1.45. The molecule has 0 fully saturated rings. The van der Waals surface area contributed by atoms with Gasteiger partial charge >= 0.3 is 0 Å². The summed E-state index contributed by atoms with van der Waals surface area (Å²) in [5, 5.41) is 0.543. The third-order valence-corrected chi connectivity index (χ3v) is 2.41. The number of terminal acetylenes is 1. The van der Waals surface area contributed by atoms with E-state index in [0.717, 1.165) is 12.8 Å². The zero-order valence-corrected chi connectivity index (χ0v) is 6.52. The van der Waals surface area contributed by atoms with E-state index in [1.807, 2.05) is 0 Å². The largest absolute Gasteiger partial charge is 0.120 e. The zero-order chi connectivity index (χ0) is 6.41. The molecule has 0 aliphatic carbocycles. The fraction of sp³-hybridized carbons (Fsp3) is 0.667. The van der Waals surface area contributed by atoms with Crippen LogP contribution in [0.3, 0.4) is 0 Å². The van der Waals surface area contributed by atoms with E-state index in [-0.39, 0.29) is 0 Å². The van der Waals surface area contributed by atoms with Gasteiger partial charge in [-0.3, -0.25) is 0 Å². The zero-order valence-electron chi connectivity index (χ0n) is 4.89. The van der Waals surface area contributed by atoms with Crippen LogP contribution in [-0.2, 0) is 0 Å². The molecular weight excluding hydrogens is 136 g/mol. The Kier molecular flexibility index (Phi) is 5.57. The summed E-state index contributed by atoms with van der Waals surface area (Å²) in [6, 6.07) is 0. The average Bonchev–Trinajstić information content (AvgIpc) is 1.83. The van der Waals surface area contributed by atoms with E-state index in [1.54, 1.807) is 0 Å². The molecule has 1 radical (unpaired) electrons. The molecule has 0 aromatic heterocycles. The molecule has 0 heterocycles. The van der Waals surface area contributed by atoms with E-state index in [1.165, 1.54) is 10.8 Å². The Morgan fingerprint density at radius 2 is 2.50 bits per heavy atom. The Hall–Kier alpha value is 0.260. The van der Waals surface area contributed by atoms with Gasteiger partial charge in [0.25, 0.3) is 0 Å². The van der Waals surface area contributed by atoms with Gasteiger partial charge in [0.05, 0.1) is 0 Å². The molecule has 0 spiro atoms. The fourth-order valence-electron chi connectivity index (χ4n) is 0.335. The van der Waals surface area contributed by atoms with Gasteiger partial charge in [-0.2, -0.15) is 0 Å². The van der Waals surface area contributed by atoms with Gasteiger partial charge in [0.2, 0.25) is 0 Å². The lowest BCUT2D eigenvalue weighted by atomic mass is 10.3. The predicted octanol–water partition coefficient (Wildman–Crippen LogP) is 2.63. The molecule has 0 amide bonds. The molecule has 0 saturated heterocycles. The van der Waals surface area contributed by atoms with Crippen LogP contribution in [0.2, 0.25) is 0 Å². The maximum Gasteiger partial charge on any atom is 0.0140 e. The SMILES string of the molecule is C#CCCC(C)S[S]. The normalized spacial score (nSPS) is 12.6. The van der Waals surface area contributed by atoms with Crippen molar-refractivity contribution >= 4 is 22.5 Å². The maximum atomic E-state index is 5.04. The molecule has 8 heavy (non-hydrogen) atoms. The third-order valence-electron chi connectivity index (χ3n) is 0.859. The van der Waals surface area contributed by atoms with Crippen molar-refractivity contribution in [3.63, 3.8) is 0 Å². The molecule has 0 bridgehead atoms. The standard InChI is InChI=1S/C6H9S2/c1-3-4-5-6(2)8-7/h1,6H,4-5H2,2H3. The van der Waals surface area contributed by atoms with Gasteiger partial charge in [0, 0.05) is 11.7 Å². The van der Waals surface area contributed by atoms with Crippen molar-refractivity contribution in [2.75, 3.05) is 0 Å². The first-order valence-electron chi connectivity index (χ1n) is 2.53. The molecule has 1 unspecified atom stereocenters. The fourth-order valence-corrected chi connectivity index (χ4v) is 0.837. The van der Waals surface area contributed by atoms with Crippen LogP contribution in [0.15, 0.2) is 0 Å². The molecule has 0 rings (SSSR count). The molecular formula is C6H9S2. The molecule has 45 valence electrons. The first-order chi connectivity index (χ1) is 3.81.